The van der Waals surface area contributed by atoms with E-state index in [1.165, 1.54) is 0 Å². The molecule has 10 nitrogen and oxygen atoms in total. The summed E-state index contributed by atoms with van der Waals surface area (Å²) in [4.78, 5) is 38.4. The number of pyridine rings is 1. The van der Waals surface area contributed by atoms with Gasteiger partial charge in [0.25, 0.3) is 5.91 Å². The number of likely N-dealkylation sites (tertiary alicyclic amines) is 1. The molecule has 1 spiro atoms. The SMILES string of the molecule is Cc1ccc(CN2CCC3(CC2)CN(c2cccnc2)C(=O)CO3)o1.O=C(O)C(F)(F)F.O=C(O)C(F)(F)F. The minimum absolute atomic E-state index is 0.00659. The number of carbonyl (C=O) groups excluding carboxylic acids is 1. The number of aliphatic carboxylic acids is 2. The van der Waals surface area contributed by atoms with Crippen LogP contribution >= 0.6 is 0 Å². The lowest BCUT2D eigenvalue weighted by Gasteiger charge is -2.46. The minimum Gasteiger partial charge on any atom is -0.475 e. The number of ether oxygens (including phenoxy) is 1. The van der Waals surface area contributed by atoms with Gasteiger partial charge in [-0.3, -0.25) is 14.7 Å². The molecule has 0 aromatic carbocycles. The quantitative estimate of drug-likeness (QED) is 0.532. The molecule has 2 saturated heterocycles. The Bertz CT molecular complexity index is 1090. The van der Waals surface area contributed by atoms with Gasteiger partial charge in [0.15, 0.2) is 0 Å². The molecule has 0 radical (unpaired) electrons. The Labute approximate surface area is 217 Å². The number of carboxylic acids is 2. The molecule has 2 N–H and O–H groups in total. The number of nitrogens with zero attached hydrogens (tertiary/aromatic N) is 3. The fourth-order valence-corrected chi connectivity index (χ4v) is 3.68. The van der Waals surface area contributed by atoms with Gasteiger partial charge in [0, 0.05) is 19.3 Å². The topological polar surface area (TPSA) is 133 Å². The third-order valence-electron chi connectivity index (χ3n) is 5.63. The maximum atomic E-state index is 12.3. The lowest BCUT2D eigenvalue weighted by atomic mass is 9.89. The Kier molecular flexibility index (Phi) is 10.5. The molecule has 0 atom stereocenters. The second kappa shape index (κ2) is 12.9. The second-order valence-electron chi connectivity index (χ2n) is 8.56. The summed E-state index contributed by atoms with van der Waals surface area (Å²) in [5, 5.41) is 14.2. The molecule has 2 aromatic rings. The number of amides is 1. The number of carboxylic acid groups (broad SMARTS) is 2. The van der Waals surface area contributed by atoms with Crippen LogP contribution in [0.25, 0.3) is 0 Å². The van der Waals surface area contributed by atoms with E-state index in [4.69, 9.17) is 29.0 Å². The predicted molar refractivity (Wildman–Crippen MR) is 121 cm³/mol. The molecule has 0 saturated carbocycles. The number of aryl methyl sites for hydroxylation is 1. The van der Waals surface area contributed by atoms with Crippen LogP contribution < -0.4 is 4.90 Å². The smallest absolute Gasteiger partial charge is 0.475 e. The lowest BCUT2D eigenvalue weighted by molar-refractivity contribution is -0.193. The number of hydrogen-bond acceptors (Lipinski definition) is 7. The molecule has 1 amide bonds. The van der Waals surface area contributed by atoms with Crippen molar-refractivity contribution >= 4 is 23.5 Å². The molecule has 0 bridgehead atoms. The number of morpholine rings is 1. The minimum atomic E-state index is -5.08. The van der Waals surface area contributed by atoms with E-state index in [1.54, 1.807) is 12.4 Å². The van der Waals surface area contributed by atoms with Crippen LogP contribution in [-0.2, 0) is 25.7 Å². The first kappa shape index (κ1) is 31.6. The first-order chi connectivity index (χ1) is 18.0. The van der Waals surface area contributed by atoms with E-state index in [9.17, 15) is 31.1 Å². The first-order valence-electron chi connectivity index (χ1n) is 11.2. The van der Waals surface area contributed by atoms with Gasteiger partial charge in [0.1, 0.15) is 18.1 Å². The van der Waals surface area contributed by atoms with Crippen molar-refractivity contribution in [1.29, 1.82) is 0 Å². The summed E-state index contributed by atoms with van der Waals surface area (Å²) < 4.78 is 75.2. The maximum Gasteiger partial charge on any atom is 0.490 e. The number of alkyl halides is 6. The molecule has 4 heterocycles. The van der Waals surface area contributed by atoms with E-state index in [2.05, 4.69) is 9.88 Å². The average molecular weight is 569 g/mol. The predicted octanol–water partition coefficient (Wildman–Crippen LogP) is 3.65. The summed E-state index contributed by atoms with van der Waals surface area (Å²) in [5.74, 6) is -3.55. The highest BCUT2D eigenvalue weighted by atomic mass is 19.4. The summed E-state index contributed by atoms with van der Waals surface area (Å²) in [7, 11) is 0. The summed E-state index contributed by atoms with van der Waals surface area (Å²) in [5.41, 5.74) is 0.600. The molecule has 2 aromatic heterocycles. The van der Waals surface area contributed by atoms with E-state index in [0.717, 1.165) is 49.7 Å². The third-order valence-corrected chi connectivity index (χ3v) is 5.63. The number of rotatable bonds is 3. The highest BCUT2D eigenvalue weighted by Gasteiger charge is 2.43. The van der Waals surface area contributed by atoms with Crippen LogP contribution in [0.2, 0.25) is 0 Å². The van der Waals surface area contributed by atoms with Gasteiger partial charge in [-0.15, -0.1) is 0 Å². The van der Waals surface area contributed by atoms with Gasteiger partial charge >= 0.3 is 24.3 Å². The van der Waals surface area contributed by atoms with Gasteiger partial charge in [-0.2, -0.15) is 26.3 Å². The van der Waals surface area contributed by atoms with Crippen LogP contribution in [0.4, 0.5) is 32.0 Å². The Morgan fingerprint density at radius 1 is 1.03 bits per heavy atom. The van der Waals surface area contributed by atoms with Crippen LogP contribution in [0.3, 0.4) is 0 Å². The standard InChI is InChI=1S/C19H23N3O3.2C2HF3O2/c1-15-4-5-17(25-15)12-21-9-6-19(7-10-21)14-22(18(23)13-24-19)16-3-2-8-20-11-16;2*3-2(4,5)1(6)7/h2-5,8,11H,6-7,9-10,12-14H2,1H3;2*(H,6,7). The van der Waals surface area contributed by atoms with Crippen molar-refractivity contribution in [2.24, 2.45) is 0 Å². The maximum absolute atomic E-state index is 12.3. The van der Waals surface area contributed by atoms with Crippen molar-refractivity contribution in [1.82, 2.24) is 9.88 Å². The molecule has 0 unspecified atom stereocenters. The van der Waals surface area contributed by atoms with E-state index in [-0.39, 0.29) is 18.1 Å². The normalized spacial score (nSPS) is 17.5. The molecule has 216 valence electrons. The van der Waals surface area contributed by atoms with Gasteiger partial charge < -0.3 is 24.3 Å². The van der Waals surface area contributed by atoms with E-state index >= 15 is 0 Å². The van der Waals surface area contributed by atoms with E-state index < -0.39 is 24.3 Å². The summed E-state index contributed by atoms with van der Waals surface area (Å²) in [6.07, 6.45) is -4.88. The van der Waals surface area contributed by atoms with Crippen LogP contribution in [0.5, 0.6) is 0 Å². The fourth-order valence-electron chi connectivity index (χ4n) is 3.68. The average Bonchev–Trinajstić information content (AvgIpc) is 3.27. The molecule has 2 fully saturated rings. The van der Waals surface area contributed by atoms with Gasteiger partial charge in [-0.25, -0.2) is 9.59 Å². The number of carbonyl (C=O) groups is 3. The van der Waals surface area contributed by atoms with Gasteiger partial charge in [-0.1, -0.05) is 0 Å². The van der Waals surface area contributed by atoms with Crippen molar-refractivity contribution < 1.29 is 60.1 Å². The molecule has 39 heavy (non-hydrogen) atoms. The Morgan fingerprint density at radius 3 is 2.03 bits per heavy atom. The summed E-state index contributed by atoms with van der Waals surface area (Å²) >= 11 is 0. The highest BCUT2D eigenvalue weighted by Crippen LogP contribution is 2.33. The second-order valence-corrected chi connectivity index (χ2v) is 8.56. The van der Waals surface area contributed by atoms with Crippen molar-refractivity contribution in [2.75, 3.05) is 31.1 Å². The number of halogens is 6. The van der Waals surface area contributed by atoms with Crippen LogP contribution in [0, 0.1) is 6.92 Å². The molecule has 16 heteroatoms. The van der Waals surface area contributed by atoms with Crippen molar-refractivity contribution in [2.45, 2.75) is 44.3 Å². The monoisotopic (exact) mass is 569 g/mol. The van der Waals surface area contributed by atoms with E-state index in [0.29, 0.717) is 6.54 Å². The Balaban J connectivity index is 0.000000317. The summed E-state index contributed by atoms with van der Waals surface area (Å²) in [6, 6.07) is 7.83. The number of aromatic nitrogens is 1. The zero-order valence-corrected chi connectivity index (χ0v) is 20.5. The van der Waals surface area contributed by atoms with Crippen molar-refractivity contribution in [3.8, 4) is 0 Å². The largest absolute Gasteiger partial charge is 0.490 e. The van der Waals surface area contributed by atoms with Crippen molar-refractivity contribution in [3.63, 3.8) is 0 Å². The fraction of sp³-hybridized carbons (Fsp3) is 0.478. The zero-order valence-electron chi connectivity index (χ0n) is 20.5. The Morgan fingerprint density at radius 2 is 1.59 bits per heavy atom. The summed E-state index contributed by atoms with van der Waals surface area (Å²) in [6.45, 7) is 5.42. The van der Waals surface area contributed by atoms with Crippen molar-refractivity contribution in [3.05, 3.63) is 48.2 Å². The molecular weight excluding hydrogens is 544 g/mol. The number of anilines is 1. The molecule has 4 rings (SSSR count). The zero-order chi connectivity index (χ0) is 29.4. The highest BCUT2D eigenvalue weighted by molar-refractivity contribution is 5.95. The molecular formula is C23H25F6N3O7. The van der Waals surface area contributed by atoms with Gasteiger partial charge in [-0.05, 0) is 44.0 Å². The third kappa shape index (κ3) is 9.86. The molecule has 0 aliphatic carbocycles. The Hall–Kier alpha value is -3.66. The number of hydrogen-bond donors (Lipinski definition) is 2. The van der Waals surface area contributed by atoms with E-state index in [1.807, 2.05) is 36.1 Å². The lowest BCUT2D eigenvalue weighted by Crippen LogP contribution is -2.58. The number of piperidine rings is 1. The van der Waals surface area contributed by atoms with Crippen LogP contribution in [-0.4, -0.2) is 82.1 Å². The van der Waals surface area contributed by atoms with Gasteiger partial charge in [0.05, 0.1) is 30.6 Å². The number of furan rings is 1. The van der Waals surface area contributed by atoms with Gasteiger partial charge in [0.2, 0.25) is 0 Å². The molecule has 2 aliphatic heterocycles. The molecule has 2 aliphatic rings. The van der Waals surface area contributed by atoms with Crippen LogP contribution in [0.1, 0.15) is 24.4 Å². The van der Waals surface area contributed by atoms with Crippen LogP contribution in [0.15, 0.2) is 41.1 Å². The first-order valence-corrected chi connectivity index (χ1v) is 11.2.